The largest absolute Gasteiger partial charge is 0.344 e. The van der Waals surface area contributed by atoms with Gasteiger partial charge in [0, 0.05) is 13.6 Å². The van der Waals surface area contributed by atoms with Gasteiger partial charge >= 0.3 is 0 Å². The van der Waals surface area contributed by atoms with Crippen LogP contribution in [0.2, 0.25) is 0 Å². The van der Waals surface area contributed by atoms with E-state index in [-0.39, 0.29) is 11.9 Å². The number of carbonyl (C=O) groups is 1. The number of hydrogen-bond donors (Lipinski definition) is 1. The average molecular weight is 172 g/mol. The van der Waals surface area contributed by atoms with Crippen molar-refractivity contribution in [1.29, 1.82) is 0 Å². The van der Waals surface area contributed by atoms with Crippen LogP contribution in [0.3, 0.4) is 0 Å². The lowest BCUT2D eigenvalue weighted by Crippen LogP contribution is -2.47. The maximum absolute atomic E-state index is 11.2. The SMILES string of the molecule is CC.CNC1CCCN(C)C1=O. The van der Waals surface area contributed by atoms with Gasteiger partial charge in [-0.15, -0.1) is 0 Å². The van der Waals surface area contributed by atoms with Crippen LogP contribution >= 0.6 is 0 Å². The second-order valence-electron chi connectivity index (χ2n) is 2.74. The minimum Gasteiger partial charge on any atom is -0.344 e. The maximum atomic E-state index is 11.2. The third-order valence-electron chi connectivity index (χ3n) is 2.01. The van der Waals surface area contributed by atoms with E-state index in [1.54, 1.807) is 4.90 Å². The van der Waals surface area contributed by atoms with E-state index in [1.165, 1.54) is 0 Å². The first-order chi connectivity index (χ1) is 5.75. The van der Waals surface area contributed by atoms with Gasteiger partial charge in [-0.2, -0.15) is 0 Å². The molecule has 0 saturated carbocycles. The van der Waals surface area contributed by atoms with Gasteiger partial charge in [0.05, 0.1) is 6.04 Å². The van der Waals surface area contributed by atoms with Gasteiger partial charge in [0.2, 0.25) is 5.91 Å². The van der Waals surface area contributed by atoms with Crippen LogP contribution in [0.1, 0.15) is 26.7 Å². The molecule has 3 heteroatoms. The van der Waals surface area contributed by atoms with Gasteiger partial charge in [-0.25, -0.2) is 0 Å². The summed E-state index contributed by atoms with van der Waals surface area (Å²) in [4.78, 5) is 13.0. The summed E-state index contributed by atoms with van der Waals surface area (Å²) >= 11 is 0. The molecule has 0 spiro atoms. The standard InChI is InChI=1S/C7H14N2O.C2H6/c1-8-6-4-3-5-9(2)7(6)10;1-2/h6,8H,3-5H2,1-2H3;1-2H3. The molecular weight excluding hydrogens is 152 g/mol. The third-order valence-corrected chi connectivity index (χ3v) is 2.01. The molecule has 1 saturated heterocycles. The first kappa shape index (κ1) is 11.4. The minimum atomic E-state index is 0.0683. The molecule has 72 valence electrons. The van der Waals surface area contributed by atoms with Crippen molar-refractivity contribution >= 4 is 5.91 Å². The number of hydrogen-bond acceptors (Lipinski definition) is 2. The molecule has 1 N–H and O–H groups in total. The molecule has 0 aromatic rings. The molecular formula is C9H20N2O. The van der Waals surface area contributed by atoms with E-state index in [9.17, 15) is 4.79 Å². The van der Waals surface area contributed by atoms with E-state index >= 15 is 0 Å². The second-order valence-corrected chi connectivity index (χ2v) is 2.74. The summed E-state index contributed by atoms with van der Waals surface area (Å²) in [5.74, 6) is 0.230. The highest BCUT2D eigenvalue weighted by atomic mass is 16.2. The van der Waals surface area contributed by atoms with E-state index in [0.717, 1.165) is 19.4 Å². The van der Waals surface area contributed by atoms with Crippen LogP contribution in [0, 0.1) is 0 Å². The fourth-order valence-corrected chi connectivity index (χ4v) is 1.30. The summed E-state index contributed by atoms with van der Waals surface area (Å²) in [7, 11) is 3.69. The van der Waals surface area contributed by atoms with Crippen molar-refractivity contribution in [2.45, 2.75) is 32.7 Å². The van der Waals surface area contributed by atoms with Crippen molar-refractivity contribution in [2.75, 3.05) is 20.6 Å². The summed E-state index contributed by atoms with van der Waals surface area (Å²) in [6.45, 7) is 4.91. The normalized spacial score (nSPS) is 23.2. The number of nitrogens with zero attached hydrogens (tertiary/aromatic N) is 1. The average Bonchev–Trinajstić information content (AvgIpc) is 2.13. The quantitative estimate of drug-likeness (QED) is 0.636. The number of nitrogens with one attached hydrogen (secondary N) is 1. The fraction of sp³-hybridized carbons (Fsp3) is 0.889. The molecule has 12 heavy (non-hydrogen) atoms. The van der Waals surface area contributed by atoms with Gasteiger partial charge in [-0.1, -0.05) is 13.8 Å². The molecule has 0 bridgehead atoms. The summed E-state index contributed by atoms with van der Waals surface area (Å²) in [5, 5.41) is 2.99. The number of likely N-dealkylation sites (tertiary alicyclic amines) is 1. The van der Waals surface area contributed by atoms with Gasteiger partial charge in [-0.05, 0) is 19.9 Å². The number of carbonyl (C=O) groups excluding carboxylic acids is 1. The highest BCUT2D eigenvalue weighted by Gasteiger charge is 2.23. The van der Waals surface area contributed by atoms with Crippen LogP contribution in [0.25, 0.3) is 0 Å². The molecule has 1 amide bonds. The molecule has 1 unspecified atom stereocenters. The molecule has 0 aromatic heterocycles. The van der Waals surface area contributed by atoms with E-state index in [2.05, 4.69) is 5.32 Å². The van der Waals surface area contributed by atoms with Crippen LogP contribution in [-0.2, 0) is 4.79 Å². The Morgan fingerprint density at radius 1 is 1.50 bits per heavy atom. The molecule has 1 fully saturated rings. The van der Waals surface area contributed by atoms with Crippen molar-refractivity contribution in [1.82, 2.24) is 10.2 Å². The Morgan fingerprint density at radius 2 is 2.08 bits per heavy atom. The summed E-state index contributed by atoms with van der Waals surface area (Å²) in [5.41, 5.74) is 0. The van der Waals surface area contributed by atoms with Crippen LogP contribution in [0.4, 0.5) is 0 Å². The Labute approximate surface area is 75.1 Å². The predicted molar refractivity (Wildman–Crippen MR) is 51.1 cm³/mol. The van der Waals surface area contributed by atoms with Crippen LogP contribution < -0.4 is 5.32 Å². The van der Waals surface area contributed by atoms with Crippen molar-refractivity contribution < 1.29 is 4.79 Å². The number of amides is 1. The molecule has 0 aromatic carbocycles. The molecule has 1 aliphatic rings. The molecule has 0 aliphatic carbocycles. The van der Waals surface area contributed by atoms with E-state index < -0.39 is 0 Å². The van der Waals surface area contributed by atoms with E-state index in [4.69, 9.17) is 0 Å². The summed E-state index contributed by atoms with van der Waals surface area (Å²) in [6.07, 6.45) is 2.10. The molecule has 1 heterocycles. The predicted octanol–water partition coefficient (Wildman–Crippen LogP) is 0.853. The van der Waals surface area contributed by atoms with Crippen molar-refractivity contribution in [2.24, 2.45) is 0 Å². The second kappa shape index (κ2) is 6.00. The van der Waals surface area contributed by atoms with Crippen molar-refractivity contribution in [3.8, 4) is 0 Å². The zero-order chi connectivity index (χ0) is 9.56. The summed E-state index contributed by atoms with van der Waals surface area (Å²) in [6, 6.07) is 0.0683. The molecule has 3 nitrogen and oxygen atoms in total. The maximum Gasteiger partial charge on any atom is 0.239 e. The van der Waals surface area contributed by atoms with Crippen LogP contribution in [0.15, 0.2) is 0 Å². The van der Waals surface area contributed by atoms with Crippen LogP contribution in [0.5, 0.6) is 0 Å². The highest BCUT2D eigenvalue weighted by Crippen LogP contribution is 2.08. The van der Waals surface area contributed by atoms with Gasteiger partial charge in [0.25, 0.3) is 0 Å². The van der Waals surface area contributed by atoms with E-state index in [1.807, 2.05) is 27.9 Å². The Bertz CT molecular complexity index is 136. The summed E-state index contributed by atoms with van der Waals surface area (Å²) < 4.78 is 0. The first-order valence-corrected chi connectivity index (χ1v) is 4.68. The van der Waals surface area contributed by atoms with E-state index in [0.29, 0.717) is 0 Å². The lowest BCUT2D eigenvalue weighted by atomic mass is 10.1. The Kier molecular flexibility index (Phi) is 5.72. The zero-order valence-electron chi connectivity index (χ0n) is 8.55. The third kappa shape index (κ3) is 2.81. The molecule has 1 rings (SSSR count). The number of likely N-dealkylation sites (N-methyl/N-ethyl adjacent to an activating group) is 2. The fourth-order valence-electron chi connectivity index (χ4n) is 1.30. The topological polar surface area (TPSA) is 32.3 Å². The number of piperidine rings is 1. The van der Waals surface area contributed by atoms with Gasteiger partial charge in [-0.3, -0.25) is 4.79 Å². The highest BCUT2D eigenvalue weighted by molar-refractivity contribution is 5.82. The van der Waals surface area contributed by atoms with Gasteiger partial charge in [0.15, 0.2) is 0 Å². The Balaban J connectivity index is 0.000000561. The Morgan fingerprint density at radius 3 is 2.50 bits per heavy atom. The zero-order valence-corrected chi connectivity index (χ0v) is 8.55. The molecule has 1 aliphatic heterocycles. The lowest BCUT2D eigenvalue weighted by Gasteiger charge is -2.28. The Hall–Kier alpha value is -0.570. The first-order valence-electron chi connectivity index (χ1n) is 4.68. The van der Waals surface area contributed by atoms with Crippen LogP contribution in [-0.4, -0.2) is 37.5 Å². The van der Waals surface area contributed by atoms with Crippen molar-refractivity contribution in [3.63, 3.8) is 0 Å². The lowest BCUT2D eigenvalue weighted by molar-refractivity contribution is -0.134. The monoisotopic (exact) mass is 172 g/mol. The minimum absolute atomic E-state index is 0.0683. The van der Waals surface area contributed by atoms with Gasteiger partial charge < -0.3 is 10.2 Å². The van der Waals surface area contributed by atoms with Gasteiger partial charge in [0.1, 0.15) is 0 Å². The smallest absolute Gasteiger partial charge is 0.239 e. The number of rotatable bonds is 1. The van der Waals surface area contributed by atoms with Crippen molar-refractivity contribution in [3.05, 3.63) is 0 Å². The molecule has 0 radical (unpaired) electrons. The molecule has 1 atom stereocenters.